The highest BCUT2D eigenvalue weighted by Crippen LogP contribution is 2.27. The predicted molar refractivity (Wildman–Crippen MR) is 85.0 cm³/mol. The summed E-state index contributed by atoms with van der Waals surface area (Å²) in [6.45, 7) is 1.26. The Balaban J connectivity index is 1.52. The van der Waals surface area contributed by atoms with Gasteiger partial charge in [-0.2, -0.15) is 0 Å². The number of benzene rings is 1. The fourth-order valence-electron chi connectivity index (χ4n) is 2.08. The third-order valence-electron chi connectivity index (χ3n) is 3.39. The van der Waals surface area contributed by atoms with Gasteiger partial charge in [-0.3, -0.25) is 4.79 Å². The van der Waals surface area contributed by atoms with Gasteiger partial charge in [0, 0.05) is 24.0 Å². The van der Waals surface area contributed by atoms with Crippen molar-refractivity contribution < 1.29 is 9.53 Å². The van der Waals surface area contributed by atoms with Gasteiger partial charge >= 0.3 is 0 Å². The minimum atomic E-state index is -0.0457. The summed E-state index contributed by atoms with van der Waals surface area (Å²) < 4.78 is 5.64. The van der Waals surface area contributed by atoms with Gasteiger partial charge < -0.3 is 15.4 Å². The SMILES string of the molecule is O=C(CNCC1CC1)Nc1cccc(Oc2ccccn2)c1. The minimum absolute atomic E-state index is 0.0457. The fraction of sp³-hybridized carbons (Fsp3) is 0.294. The maximum atomic E-state index is 11.9. The Morgan fingerprint density at radius 1 is 1.23 bits per heavy atom. The highest BCUT2D eigenvalue weighted by molar-refractivity contribution is 5.92. The summed E-state index contributed by atoms with van der Waals surface area (Å²) in [4.78, 5) is 16.0. The van der Waals surface area contributed by atoms with Crippen molar-refractivity contribution >= 4 is 11.6 Å². The molecular formula is C17H19N3O2. The summed E-state index contributed by atoms with van der Waals surface area (Å²) in [5.41, 5.74) is 0.714. The van der Waals surface area contributed by atoms with Crippen LogP contribution in [0.15, 0.2) is 48.7 Å². The van der Waals surface area contributed by atoms with Crippen molar-refractivity contribution in [1.29, 1.82) is 0 Å². The van der Waals surface area contributed by atoms with Crippen molar-refractivity contribution in [3.63, 3.8) is 0 Å². The number of hydrogen-bond donors (Lipinski definition) is 2. The van der Waals surface area contributed by atoms with Crippen LogP contribution in [0.3, 0.4) is 0 Å². The van der Waals surface area contributed by atoms with Crippen molar-refractivity contribution in [3.05, 3.63) is 48.7 Å². The van der Waals surface area contributed by atoms with Crippen LogP contribution < -0.4 is 15.4 Å². The molecule has 0 bridgehead atoms. The smallest absolute Gasteiger partial charge is 0.238 e. The zero-order chi connectivity index (χ0) is 15.2. The third-order valence-corrected chi connectivity index (χ3v) is 3.39. The van der Waals surface area contributed by atoms with Gasteiger partial charge in [-0.25, -0.2) is 4.98 Å². The Morgan fingerprint density at radius 3 is 2.91 bits per heavy atom. The molecule has 1 saturated carbocycles. The van der Waals surface area contributed by atoms with Crippen LogP contribution in [0.25, 0.3) is 0 Å². The van der Waals surface area contributed by atoms with Crippen molar-refractivity contribution in [2.45, 2.75) is 12.8 Å². The van der Waals surface area contributed by atoms with Crippen LogP contribution in [-0.2, 0) is 4.79 Å². The second kappa shape index (κ2) is 7.04. The van der Waals surface area contributed by atoms with E-state index in [2.05, 4.69) is 15.6 Å². The van der Waals surface area contributed by atoms with E-state index < -0.39 is 0 Å². The van der Waals surface area contributed by atoms with Crippen molar-refractivity contribution in [2.75, 3.05) is 18.4 Å². The maximum Gasteiger partial charge on any atom is 0.238 e. The Bertz CT molecular complexity index is 627. The molecule has 1 amide bonds. The van der Waals surface area contributed by atoms with Crippen molar-refractivity contribution in [1.82, 2.24) is 10.3 Å². The van der Waals surface area contributed by atoms with Crippen LogP contribution in [0.4, 0.5) is 5.69 Å². The first-order valence-corrected chi connectivity index (χ1v) is 7.49. The van der Waals surface area contributed by atoms with E-state index in [1.165, 1.54) is 12.8 Å². The fourth-order valence-corrected chi connectivity index (χ4v) is 2.08. The molecule has 0 aliphatic heterocycles. The van der Waals surface area contributed by atoms with Crippen LogP contribution >= 0.6 is 0 Å². The molecule has 1 aromatic heterocycles. The second-order valence-electron chi connectivity index (χ2n) is 5.42. The summed E-state index contributed by atoms with van der Waals surface area (Å²) >= 11 is 0. The number of nitrogens with zero attached hydrogens (tertiary/aromatic N) is 1. The van der Waals surface area contributed by atoms with Gasteiger partial charge in [0.05, 0.1) is 6.54 Å². The van der Waals surface area contributed by atoms with Crippen LogP contribution in [0, 0.1) is 5.92 Å². The number of pyridine rings is 1. The highest BCUT2D eigenvalue weighted by atomic mass is 16.5. The molecule has 0 unspecified atom stereocenters. The van der Waals surface area contributed by atoms with Crippen LogP contribution in [0.2, 0.25) is 0 Å². The molecule has 1 aliphatic rings. The number of ether oxygens (including phenoxy) is 1. The van der Waals surface area contributed by atoms with Gasteiger partial charge in [-0.15, -0.1) is 0 Å². The molecule has 1 fully saturated rings. The Morgan fingerprint density at radius 2 is 2.14 bits per heavy atom. The number of aromatic nitrogens is 1. The monoisotopic (exact) mass is 297 g/mol. The number of rotatable bonds is 7. The second-order valence-corrected chi connectivity index (χ2v) is 5.42. The molecule has 0 atom stereocenters. The largest absolute Gasteiger partial charge is 0.439 e. The van der Waals surface area contributed by atoms with E-state index in [4.69, 9.17) is 4.74 Å². The van der Waals surface area contributed by atoms with Gasteiger partial charge in [0.15, 0.2) is 0 Å². The lowest BCUT2D eigenvalue weighted by atomic mass is 10.3. The molecule has 22 heavy (non-hydrogen) atoms. The predicted octanol–water partition coefficient (Wildman–Crippen LogP) is 2.81. The van der Waals surface area contributed by atoms with E-state index in [-0.39, 0.29) is 5.91 Å². The molecule has 2 aromatic rings. The van der Waals surface area contributed by atoms with Gasteiger partial charge in [0.25, 0.3) is 0 Å². The molecule has 1 heterocycles. The van der Waals surface area contributed by atoms with E-state index in [0.29, 0.717) is 23.9 Å². The topological polar surface area (TPSA) is 63.2 Å². The number of nitrogens with one attached hydrogen (secondary N) is 2. The summed E-state index contributed by atoms with van der Waals surface area (Å²) in [6, 6.07) is 12.8. The molecule has 0 radical (unpaired) electrons. The quantitative estimate of drug-likeness (QED) is 0.825. The van der Waals surface area contributed by atoms with Crippen molar-refractivity contribution in [2.24, 2.45) is 5.92 Å². The Labute approximate surface area is 129 Å². The van der Waals surface area contributed by atoms with E-state index in [1.54, 1.807) is 18.3 Å². The van der Waals surface area contributed by atoms with Gasteiger partial charge in [0.2, 0.25) is 11.8 Å². The number of anilines is 1. The van der Waals surface area contributed by atoms with Crippen LogP contribution in [-0.4, -0.2) is 24.0 Å². The van der Waals surface area contributed by atoms with Gasteiger partial charge in [-0.05, 0) is 43.5 Å². The van der Waals surface area contributed by atoms with E-state index in [0.717, 1.165) is 12.5 Å². The molecule has 0 saturated heterocycles. The zero-order valence-corrected chi connectivity index (χ0v) is 12.3. The molecule has 2 N–H and O–H groups in total. The zero-order valence-electron chi connectivity index (χ0n) is 12.3. The first-order chi connectivity index (χ1) is 10.8. The molecule has 5 nitrogen and oxygen atoms in total. The molecule has 3 rings (SSSR count). The lowest BCUT2D eigenvalue weighted by Crippen LogP contribution is -2.29. The summed E-state index contributed by atoms with van der Waals surface area (Å²) in [5, 5.41) is 6.03. The highest BCUT2D eigenvalue weighted by Gasteiger charge is 2.20. The summed E-state index contributed by atoms with van der Waals surface area (Å²) in [5.74, 6) is 1.89. The minimum Gasteiger partial charge on any atom is -0.439 e. The molecule has 1 aliphatic carbocycles. The standard InChI is InChI=1S/C17H19N3O2/c21-16(12-18-11-13-7-8-13)20-14-4-3-5-15(10-14)22-17-6-1-2-9-19-17/h1-6,9-10,13,18H,7-8,11-12H2,(H,20,21). The van der Waals surface area contributed by atoms with Crippen LogP contribution in [0.5, 0.6) is 11.6 Å². The van der Waals surface area contributed by atoms with E-state index >= 15 is 0 Å². The molecule has 1 aromatic carbocycles. The third kappa shape index (κ3) is 4.56. The molecule has 0 spiro atoms. The van der Waals surface area contributed by atoms with Gasteiger partial charge in [-0.1, -0.05) is 12.1 Å². The molecule has 5 heteroatoms. The average Bonchev–Trinajstić information content (AvgIpc) is 3.33. The summed E-state index contributed by atoms with van der Waals surface area (Å²) in [6.07, 6.45) is 4.23. The first kappa shape index (κ1) is 14.5. The van der Waals surface area contributed by atoms with Crippen molar-refractivity contribution in [3.8, 4) is 11.6 Å². The van der Waals surface area contributed by atoms with Crippen LogP contribution in [0.1, 0.15) is 12.8 Å². The Kier molecular flexibility index (Phi) is 4.65. The van der Waals surface area contributed by atoms with Gasteiger partial charge in [0.1, 0.15) is 5.75 Å². The average molecular weight is 297 g/mol. The summed E-state index contributed by atoms with van der Waals surface area (Å²) in [7, 11) is 0. The molecule has 114 valence electrons. The molecular weight excluding hydrogens is 278 g/mol. The van der Waals surface area contributed by atoms with E-state index in [9.17, 15) is 4.79 Å². The first-order valence-electron chi connectivity index (χ1n) is 7.49. The van der Waals surface area contributed by atoms with E-state index in [1.807, 2.05) is 30.3 Å². The Hall–Kier alpha value is -2.40. The maximum absolute atomic E-state index is 11.9. The number of hydrogen-bond acceptors (Lipinski definition) is 4. The lowest BCUT2D eigenvalue weighted by molar-refractivity contribution is -0.115. The number of amides is 1. The normalized spacial score (nSPS) is 13.6. The number of carbonyl (C=O) groups is 1. The lowest BCUT2D eigenvalue weighted by Gasteiger charge is -2.09. The number of carbonyl (C=O) groups excluding carboxylic acids is 1.